The monoisotopic (exact) mass is 624 g/mol. The predicted octanol–water partition coefficient (Wildman–Crippen LogP) is -1.30. The largest absolute Gasteiger partial charge is 1.00 e. The summed E-state index contributed by atoms with van der Waals surface area (Å²) in [6.45, 7) is 0.167. The van der Waals surface area contributed by atoms with Gasteiger partial charge in [-0.1, -0.05) is 60.7 Å². The normalized spacial score (nSPS) is 10.8. The Hall–Kier alpha value is -2.17. The van der Waals surface area contributed by atoms with Crippen LogP contribution in [0.2, 0.25) is 0 Å². The molecule has 14 heteroatoms. The molecule has 0 heterocycles. The number of carbonyl (C=O) groups excluding carboxylic acids is 1. The van der Waals surface area contributed by atoms with Crippen molar-refractivity contribution in [1.29, 1.82) is 0 Å². The van der Waals surface area contributed by atoms with E-state index in [1.807, 2.05) is 30.3 Å². The maximum absolute atomic E-state index is 12.4. The van der Waals surface area contributed by atoms with Crippen LogP contribution in [0.4, 0.5) is 11.4 Å². The molecule has 10 nitrogen and oxygen atoms in total. The summed E-state index contributed by atoms with van der Waals surface area (Å²) in [6, 6.07) is 26.7. The second kappa shape index (κ2) is 17.8. The van der Waals surface area contributed by atoms with Crippen molar-refractivity contribution in [2.75, 3.05) is 17.4 Å². The zero-order valence-electron chi connectivity index (χ0n) is 22.7. The van der Waals surface area contributed by atoms with Crippen molar-refractivity contribution in [2.24, 2.45) is 0 Å². The molecule has 0 bridgehead atoms. The van der Waals surface area contributed by atoms with Gasteiger partial charge >= 0.3 is 59.1 Å². The van der Waals surface area contributed by atoms with E-state index in [0.717, 1.165) is 6.07 Å². The molecule has 1 amide bonds. The molecule has 0 saturated carbocycles. The molecule has 0 saturated heterocycles. The van der Waals surface area contributed by atoms with E-state index in [4.69, 9.17) is 4.74 Å². The Balaban J connectivity index is 0.00000308. The van der Waals surface area contributed by atoms with Crippen molar-refractivity contribution in [1.82, 2.24) is 0 Å². The van der Waals surface area contributed by atoms with Gasteiger partial charge in [-0.3, -0.25) is 9.83 Å². The third-order valence-electron chi connectivity index (χ3n) is 5.44. The summed E-state index contributed by atoms with van der Waals surface area (Å²) in [4.78, 5) is 12.4. The number of benzene rings is 4. The molecule has 206 valence electrons. The van der Waals surface area contributed by atoms with E-state index >= 15 is 0 Å². The minimum Gasteiger partial charge on any atom is -0.744 e. The minimum absolute atomic E-state index is 0. The Kier molecular flexibility index (Phi) is 15.3. The first-order valence-electron chi connectivity index (χ1n) is 11.7. The van der Waals surface area contributed by atoms with Crippen LogP contribution in [0.1, 0.15) is 21.5 Å². The number of carbonyl (C=O) groups is 1. The van der Waals surface area contributed by atoms with E-state index in [0.29, 0.717) is 39.5 Å². The van der Waals surface area contributed by atoms with E-state index in [1.54, 1.807) is 54.6 Å². The van der Waals surface area contributed by atoms with Crippen molar-refractivity contribution in [2.45, 2.75) is 9.79 Å². The molecule has 0 spiro atoms. The number of nitrogens with one attached hydrogen (secondary N) is 2. The van der Waals surface area contributed by atoms with Gasteiger partial charge in [0.15, 0.2) is 6.73 Å². The Morgan fingerprint density at radius 1 is 0.833 bits per heavy atom. The molecule has 0 aromatic heterocycles. The van der Waals surface area contributed by atoms with Crippen molar-refractivity contribution in [3.8, 4) is 5.75 Å². The zero-order chi connectivity index (χ0) is 28.4. The van der Waals surface area contributed by atoms with E-state index in [1.165, 1.54) is 18.2 Å². The molecule has 4 aromatic carbocycles. The average Bonchev–Trinajstić information content (AvgIpc) is 2.96. The van der Waals surface area contributed by atoms with Gasteiger partial charge in [0.25, 0.3) is 5.91 Å². The summed E-state index contributed by atoms with van der Waals surface area (Å²) in [6.07, 6.45) is 2.98. The van der Waals surface area contributed by atoms with Crippen molar-refractivity contribution in [3.05, 3.63) is 114 Å². The summed E-state index contributed by atoms with van der Waals surface area (Å²) in [7, 11) is -4.89. The average molecular weight is 625 g/mol. The zero-order valence-corrected chi connectivity index (χ0v) is 28.3. The predicted molar refractivity (Wildman–Crippen MR) is 148 cm³/mol. The van der Waals surface area contributed by atoms with Gasteiger partial charge in [-0.15, -0.1) is 0 Å². The first kappa shape index (κ1) is 36.0. The topological polar surface area (TPSA) is 149 Å². The fourth-order valence-electron chi connectivity index (χ4n) is 3.56. The van der Waals surface area contributed by atoms with E-state index in [9.17, 15) is 23.0 Å². The van der Waals surface area contributed by atoms with Crippen LogP contribution < -0.4 is 79.7 Å². The van der Waals surface area contributed by atoms with E-state index < -0.39 is 20.9 Å². The maximum atomic E-state index is 12.4. The molecule has 0 aliphatic heterocycles. The number of amides is 1. The number of para-hydroxylation sites is 1. The summed E-state index contributed by atoms with van der Waals surface area (Å²) >= 11 is 0.649. The van der Waals surface area contributed by atoms with E-state index in [-0.39, 0.29) is 77.1 Å². The van der Waals surface area contributed by atoms with Gasteiger partial charge in [0.05, 0.1) is 16.9 Å². The second-order valence-electron chi connectivity index (χ2n) is 8.11. The molecule has 0 atom stereocenters. The fraction of sp³-hybridized carbons (Fsp3) is 0.0357. The number of hydrogen-bond donors (Lipinski definition) is 2. The summed E-state index contributed by atoms with van der Waals surface area (Å²) < 4.78 is 46.2. The quantitative estimate of drug-likeness (QED) is 0.0371. The van der Waals surface area contributed by atoms with Gasteiger partial charge in [0.1, 0.15) is 15.9 Å². The summed E-state index contributed by atoms with van der Waals surface area (Å²) in [5.41, 5.74) is 1.80. The van der Waals surface area contributed by atoms with Gasteiger partial charge in [-0.25, -0.2) is 8.42 Å². The molecular formula is C28H22N2Na2O8S2. The standard InChI is InChI=1S/C28H24N2O8S2.2Na/c31-28(22-7-3-1-4-8-22)30-24-16-14-21(27(18-24)40(33,34)35)12-11-20-13-15-23(17-26(20)39-38-37-32)29-19-36-25-9-5-2-6-10-25;;/h1-18,29,32H,19H2,(H,30,31)(H,33,34,35);;/q;2*+1/p-2. The third-order valence-corrected chi connectivity index (χ3v) is 6.99. The van der Waals surface area contributed by atoms with Crippen molar-refractivity contribution < 1.29 is 96.2 Å². The molecule has 0 unspecified atom stereocenters. The summed E-state index contributed by atoms with van der Waals surface area (Å²) in [5, 5.41) is 19.6. The minimum atomic E-state index is -4.89. The van der Waals surface area contributed by atoms with Gasteiger partial charge < -0.3 is 25.2 Å². The Labute approximate surface area is 291 Å². The van der Waals surface area contributed by atoms with Crippen LogP contribution in [0.25, 0.3) is 12.2 Å². The van der Waals surface area contributed by atoms with Crippen molar-refractivity contribution >= 4 is 51.6 Å². The molecule has 4 rings (SSSR count). The van der Waals surface area contributed by atoms with Crippen LogP contribution in [-0.2, 0) is 19.5 Å². The van der Waals surface area contributed by atoms with Crippen LogP contribution in [-0.4, -0.2) is 25.6 Å². The third kappa shape index (κ3) is 10.8. The Bertz CT molecular complexity index is 1590. The number of anilines is 2. The van der Waals surface area contributed by atoms with Gasteiger partial charge in [0, 0.05) is 21.8 Å². The number of hydrogen-bond acceptors (Lipinski definition) is 10. The van der Waals surface area contributed by atoms with Crippen LogP contribution >= 0.6 is 12.0 Å². The molecule has 0 fully saturated rings. The molecule has 0 radical (unpaired) electrons. The first-order valence-corrected chi connectivity index (χ1v) is 13.8. The SMILES string of the molecule is O=C(Nc1ccc(C=Cc2ccc(NCOc3ccccc3)cc2SOO[O-])c(S(=O)(=O)[O-])c1)c1ccccc1.[Na+].[Na+]. The fourth-order valence-corrected chi connectivity index (χ4v) is 4.77. The van der Waals surface area contributed by atoms with Gasteiger partial charge in [-0.05, 0) is 59.7 Å². The van der Waals surface area contributed by atoms with Gasteiger partial charge in [0.2, 0.25) is 0 Å². The smallest absolute Gasteiger partial charge is 0.744 e. The molecular weight excluding hydrogens is 602 g/mol. The second-order valence-corrected chi connectivity index (χ2v) is 10.2. The molecule has 0 aliphatic rings. The van der Waals surface area contributed by atoms with Crippen LogP contribution in [0.3, 0.4) is 0 Å². The summed E-state index contributed by atoms with van der Waals surface area (Å²) in [5.74, 6) is 0.227. The number of rotatable bonds is 12. The van der Waals surface area contributed by atoms with Crippen LogP contribution in [0, 0.1) is 0 Å². The van der Waals surface area contributed by atoms with E-state index in [2.05, 4.69) is 20.0 Å². The first-order chi connectivity index (χ1) is 19.3. The maximum Gasteiger partial charge on any atom is 1.00 e. The van der Waals surface area contributed by atoms with Crippen LogP contribution in [0.15, 0.2) is 107 Å². The van der Waals surface area contributed by atoms with Gasteiger partial charge in [-0.2, -0.15) is 4.33 Å². The van der Waals surface area contributed by atoms with Crippen molar-refractivity contribution in [3.63, 3.8) is 0 Å². The molecule has 42 heavy (non-hydrogen) atoms. The Morgan fingerprint density at radius 3 is 2.12 bits per heavy atom. The molecule has 2 N–H and O–H groups in total. The molecule has 4 aromatic rings. The Morgan fingerprint density at radius 2 is 1.45 bits per heavy atom. The molecule has 0 aliphatic carbocycles. The number of ether oxygens (including phenoxy) is 1. The van der Waals surface area contributed by atoms with Crippen LogP contribution in [0.5, 0.6) is 5.75 Å².